The molecular weight excluding hydrogens is 266 g/mol. The topological polar surface area (TPSA) is 107 Å². The van der Waals surface area contributed by atoms with Crippen LogP contribution in [0.4, 0.5) is 11.4 Å². The Morgan fingerprint density at radius 1 is 1.37 bits per heavy atom. The van der Waals surface area contributed by atoms with E-state index in [9.17, 15) is 10.1 Å². The molecule has 0 aliphatic heterocycles. The summed E-state index contributed by atoms with van der Waals surface area (Å²) in [5.74, 6) is 5.28. The van der Waals surface area contributed by atoms with E-state index in [1.54, 1.807) is 24.5 Å². The summed E-state index contributed by atoms with van der Waals surface area (Å²) in [7, 11) is 0. The number of aryl methyl sites for hydroxylation is 1. The second-order valence-electron chi connectivity index (χ2n) is 3.70. The molecule has 2 rings (SSSR count). The Morgan fingerprint density at radius 2 is 2.05 bits per heavy atom. The number of hydrazine groups is 1. The molecule has 1 heterocycles. The van der Waals surface area contributed by atoms with Gasteiger partial charge in [-0.25, -0.2) is 9.97 Å². The molecule has 2 aromatic rings. The van der Waals surface area contributed by atoms with Gasteiger partial charge in [-0.1, -0.05) is 6.07 Å². The van der Waals surface area contributed by atoms with Crippen LogP contribution in [-0.4, -0.2) is 14.9 Å². The number of aromatic nitrogens is 2. The lowest BCUT2D eigenvalue weighted by Gasteiger charge is -2.06. The number of anilines is 1. The molecule has 8 heteroatoms. The summed E-state index contributed by atoms with van der Waals surface area (Å²) in [5.41, 5.74) is 3.41. The van der Waals surface area contributed by atoms with Gasteiger partial charge in [0.2, 0.25) is 0 Å². The molecule has 0 spiro atoms. The highest BCUT2D eigenvalue weighted by Gasteiger charge is 2.20. The van der Waals surface area contributed by atoms with E-state index in [4.69, 9.17) is 5.84 Å². The average Bonchev–Trinajstić information content (AvgIpc) is 2.40. The van der Waals surface area contributed by atoms with Gasteiger partial charge in [0.25, 0.3) is 0 Å². The minimum Gasteiger partial charge on any atom is -0.318 e. The van der Waals surface area contributed by atoms with Gasteiger partial charge < -0.3 is 5.43 Å². The Kier molecular flexibility index (Phi) is 3.93. The normalized spacial score (nSPS) is 10.2. The Balaban J connectivity index is 2.39. The quantitative estimate of drug-likeness (QED) is 0.381. The van der Waals surface area contributed by atoms with Gasteiger partial charge in [-0.3, -0.25) is 16.0 Å². The van der Waals surface area contributed by atoms with Crippen molar-refractivity contribution in [2.45, 2.75) is 17.0 Å². The number of hydrogen-bond donors (Lipinski definition) is 2. The number of nitrogens with two attached hydrogens (primary N) is 1. The molecule has 0 saturated heterocycles. The molecule has 19 heavy (non-hydrogen) atoms. The SMILES string of the molecule is Cc1cnc(Sc2cccc(NN)c2[N+](=O)[O-])nc1. The zero-order valence-electron chi connectivity index (χ0n) is 10.0. The van der Waals surface area contributed by atoms with Crippen LogP contribution in [0, 0.1) is 17.0 Å². The monoisotopic (exact) mass is 277 g/mol. The van der Waals surface area contributed by atoms with E-state index in [0.29, 0.717) is 10.1 Å². The molecular formula is C11H11N5O2S. The van der Waals surface area contributed by atoms with E-state index in [-0.39, 0.29) is 11.4 Å². The molecule has 98 valence electrons. The Bertz CT molecular complexity index is 603. The van der Waals surface area contributed by atoms with Gasteiger partial charge in [-0.2, -0.15) is 0 Å². The lowest BCUT2D eigenvalue weighted by atomic mass is 10.3. The maximum atomic E-state index is 11.1. The van der Waals surface area contributed by atoms with E-state index in [1.807, 2.05) is 6.92 Å². The number of nitro groups is 1. The van der Waals surface area contributed by atoms with Crippen molar-refractivity contribution in [3.8, 4) is 0 Å². The van der Waals surface area contributed by atoms with Crippen LogP contribution in [0.15, 0.2) is 40.6 Å². The molecule has 1 aromatic carbocycles. The summed E-state index contributed by atoms with van der Waals surface area (Å²) < 4.78 is 0. The van der Waals surface area contributed by atoms with Crippen molar-refractivity contribution in [1.82, 2.24) is 9.97 Å². The first-order chi connectivity index (χ1) is 9.11. The second kappa shape index (κ2) is 5.63. The third-order valence-corrected chi connectivity index (χ3v) is 3.24. The maximum Gasteiger partial charge on any atom is 0.307 e. The average molecular weight is 277 g/mol. The number of nitro benzene ring substituents is 1. The molecule has 0 aliphatic rings. The van der Waals surface area contributed by atoms with Crippen LogP contribution < -0.4 is 11.3 Å². The van der Waals surface area contributed by atoms with E-state index >= 15 is 0 Å². The highest BCUT2D eigenvalue weighted by molar-refractivity contribution is 7.99. The van der Waals surface area contributed by atoms with Crippen molar-refractivity contribution >= 4 is 23.1 Å². The summed E-state index contributed by atoms with van der Waals surface area (Å²) in [6.07, 6.45) is 3.32. The van der Waals surface area contributed by atoms with Crippen LogP contribution in [0.5, 0.6) is 0 Å². The first-order valence-corrected chi connectivity index (χ1v) is 6.14. The largest absolute Gasteiger partial charge is 0.318 e. The second-order valence-corrected chi connectivity index (χ2v) is 4.71. The Hall–Kier alpha value is -2.19. The maximum absolute atomic E-state index is 11.1. The fraction of sp³-hybridized carbons (Fsp3) is 0.0909. The summed E-state index contributed by atoms with van der Waals surface area (Å²) in [6.45, 7) is 1.87. The summed E-state index contributed by atoms with van der Waals surface area (Å²) >= 11 is 1.12. The molecule has 0 unspecified atom stereocenters. The first-order valence-electron chi connectivity index (χ1n) is 5.32. The number of rotatable bonds is 4. The number of nitrogen functional groups attached to an aromatic ring is 1. The van der Waals surface area contributed by atoms with Gasteiger partial charge >= 0.3 is 5.69 Å². The van der Waals surface area contributed by atoms with Crippen molar-refractivity contribution in [2.75, 3.05) is 5.43 Å². The fourth-order valence-corrected chi connectivity index (χ4v) is 2.28. The summed E-state index contributed by atoms with van der Waals surface area (Å²) in [6, 6.07) is 4.85. The van der Waals surface area contributed by atoms with Crippen molar-refractivity contribution < 1.29 is 4.92 Å². The Morgan fingerprint density at radius 3 is 2.63 bits per heavy atom. The standard InChI is InChI=1S/C11H11N5O2S/c1-7-5-13-11(14-6-7)19-9-4-2-3-8(15-12)10(9)16(17)18/h2-6,15H,12H2,1H3. The van der Waals surface area contributed by atoms with Crippen molar-refractivity contribution in [1.29, 1.82) is 0 Å². The van der Waals surface area contributed by atoms with Crippen LogP contribution in [0.1, 0.15) is 5.56 Å². The molecule has 7 nitrogen and oxygen atoms in total. The minimum absolute atomic E-state index is 0.0841. The minimum atomic E-state index is -0.480. The zero-order valence-corrected chi connectivity index (χ0v) is 10.8. The molecule has 0 amide bonds. The number of para-hydroxylation sites is 1. The van der Waals surface area contributed by atoms with Gasteiger partial charge in [0.05, 0.1) is 9.82 Å². The Labute approximate surface area is 113 Å². The number of benzene rings is 1. The van der Waals surface area contributed by atoms with Crippen LogP contribution in [-0.2, 0) is 0 Å². The number of nitrogens with zero attached hydrogens (tertiary/aromatic N) is 3. The van der Waals surface area contributed by atoms with E-state index in [1.165, 1.54) is 6.07 Å². The number of hydrogen-bond acceptors (Lipinski definition) is 7. The molecule has 0 bridgehead atoms. The molecule has 3 N–H and O–H groups in total. The molecule has 0 fully saturated rings. The van der Waals surface area contributed by atoms with Gasteiger partial charge in [-0.05, 0) is 36.4 Å². The first kappa shape index (κ1) is 13.2. The van der Waals surface area contributed by atoms with Gasteiger partial charge in [0.1, 0.15) is 5.69 Å². The van der Waals surface area contributed by atoms with E-state index in [2.05, 4.69) is 15.4 Å². The zero-order chi connectivity index (χ0) is 13.8. The highest BCUT2D eigenvalue weighted by Crippen LogP contribution is 2.37. The lowest BCUT2D eigenvalue weighted by molar-refractivity contribution is -0.386. The van der Waals surface area contributed by atoms with Crippen molar-refractivity contribution in [3.05, 3.63) is 46.3 Å². The van der Waals surface area contributed by atoms with Crippen LogP contribution in [0.25, 0.3) is 0 Å². The lowest BCUT2D eigenvalue weighted by Crippen LogP contribution is -2.09. The highest BCUT2D eigenvalue weighted by atomic mass is 32.2. The third-order valence-electron chi connectivity index (χ3n) is 2.30. The molecule has 0 aliphatic carbocycles. The van der Waals surface area contributed by atoms with E-state index in [0.717, 1.165) is 17.3 Å². The van der Waals surface area contributed by atoms with Gasteiger partial charge in [0, 0.05) is 12.4 Å². The molecule has 0 radical (unpaired) electrons. The number of nitrogens with one attached hydrogen (secondary N) is 1. The summed E-state index contributed by atoms with van der Waals surface area (Å²) in [4.78, 5) is 19.3. The third kappa shape index (κ3) is 2.98. The van der Waals surface area contributed by atoms with Crippen LogP contribution in [0.3, 0.4) is 0 Å². The molecule has 0 atom stereocenters. The van der Waals surface area contributed by atoms with Gasteiger partial charge in [0.15, 0.2) is 5.16 Å². The van der Waals surface area contributed by atoms with Gasteiger partial charge in [-0.15, -0.1) is 0 Å². The molecule has 0 saturated carbocycles. The van der Waals surface area contributed by atoms with Crippen LogP contribution >= 0.6 is 11.8 Å². The summed E-state index contributed by atoms with van der Waals surface area (Å²) in [5, 5.41) is 11.5. The van der Waals surface area contributed by atoms with E-state index < -0.39 is 4.92 Å². The van der Waals surface area contributed by atoms with Crippen molar-refractivity contribution in [2.24, 2.45) is 5.84 Å². The predicted molar refractivity (Wildman–Crippen MR) is 71.8 cm³/mol. The molecule has 1 aromatic heterocycles. The smallest absolute Gasteiger partial charge is 0.307 e. The van der Waals surface area contributed by atoms with Crippen molar-refractivity contribution in [3.63, 3.8) is 0 Å². The van der Waals surface area contributed by atoms with Crippen LogP contribution in [0.2, 0.25) is 0 Å². The predicted octanol–water partition coefficient (Wildman–Crippen LogP) is 2.13. The fourth-order valence-electron chi connectivity index (χ4n) is 1.44.